The van der Waals surface area contributed by atoms with E-state index in [2.05, 4.69) is 35.1 Å². The van der Waals surface area contributed by atoms with Gasteiger partial charge in [0.05, 0.1) is 12.1 Å². The Bertz CT molecular complexity index is 1400. The van der Waals surface area contributed by atoms with E-state index in [1.54, 1.807) is 0 Å². The van der Waals surface area contributed by atoms with Crippen molar-refractivity contribution in [3.63, 3.8) is 0 Å². The van der Waals surface area contributed by atoms with Crippen LogP contribution in [-0.4, -0.2) is 94.4 Å². The minimum atomic E-state index is -1.03. The molecule has 286 valence electrons. The maximum atomic E-state index is 14.5. The SMILES string of the molecule is CCCCC(NC(=O)[C@@H]1[C@@H]2[C@H](CN1C(=O)[C@@H](NC(=O)N[C@@H](CN1C(=O)CC(C)(C)CC1=O)C(C)(C)C)C(C)(C)C)C2(C)C)C(=O)C(=O)NC1CC1. The fourth-order valence-corrected chi connectivity index (χ4v) is 7.67. The zero-order valence-corrected chi connectivity index (χ0v) is 32.7. The number of nitrogens with one attached hydrogen (secondary N) is 4. The van der Waals surface area contributed by atoms with E-state index in [4.69, 9.17) is 0 Å². The smallest absolute Gasteiger partial charge is 0.315 e. The number of imide groups is 1. The Morgan fingerprint density at radius 1 is 0.863 bits per heavy atom. The summed E-state index contributed by atoms with van der Waals surface area (Å²) >= 11 is 0. The van der Waals surface area contributed by atoms with Crippen molar-refractivity contribution < 1.29 is 33.6 Å². The first-order chi connectivity index (χ1) is 23.4. The molecule has 4 fully saturated rings. The number of unbranched alkanes of at least 4 members (excludes halogenated alkanes) is 1. The predicted molar refractivity (Wildman–Crippen MR) is 192 cm³/mol. The molecule has 51 heavy (non-hydrogen) atoms. The van der Waals surface area contributed by atoms with E-state index >= 15 is 0 Å². The van der Waals surface area contributed by atoms with Crippen LogP contribution in [0.2, 0.25) is 0 Å². The summed E-state index contributed by atoms with van der Waals surface area (Å²) in [5, 5.41) is 11.4. The van der Waals surface area contributed by atoms with Gasteiger partial charge in [-0.15, -0.1) is 0 Å². The van der Waals surface area contributed by atoms with Crippen molar-refractivity contribution in [1.29, 1.82) is 0 Å². The molecule has 4 rings (SSSR count). The van der Waals surface area contributed by atoms with Crippen LogP contribution in [0.25, 0.3) is 0 Å². The summed E-state index contributed by atoms with van der Waals surface area (Å²) in [4.78, 5) is 96.9. The summed E-state index contributed by atoms with van der Waals surface area (Å²) in [6.45, 7) is 21.4. The first-order valence-corrected chi connectivity index (χ1v) is 18.7. The van der Waals surface area contributed by atoms with Gasteiger partial charge in [-0.2, -0.15) is 0 Å². The second-order valence-corrected chi connectivity index (χ2v) is 19.0. The number of fused-ring (bicyclic) bond motifs is 1. The lowest BCUT2D eigenvalue weighted by atomic mass is 9.80. The fraction of sp³-hybridized carbons (Fsp3) is 0.816. The third-order valence-corrected chi connectivity index (χ3v) is 11.3. The van der Waals surface area contributed by atoms with Crippen molar-refractivity contribution in [3.05, 3.63) is 0 Å². The number of Topliss-reactive ketones (excluding diaryl/α,β-unsaturated/α-hetero) is 1. The molecule has 6 atom stereocenters. The van der Waals surface area contributed by atoms with Crippen molar-refractivity contribution in [2.75, 3.05) is 13.1 Å². The Labute approximate surface area is 303 Å². The molecular weight excluding hydrogens is 652 g/mol. The minimum absolute atomic E-state index is 0.000173. The summed E-state index contributed by atoms with van der Waals surface area (Å²) in [5.74, 6) is -2.91. The van der Waals surface area contributed by atoms with E-state index in [0.29, 0.717) is 19.4 Å². The highest BCUT2D eigenvalue weighted by atomic mass is 16.2. The fourth-order valence-electron chi connectivity index (χ4n) is 7.67. The van der Waals surface area contributed by atoms with Crippen LogP contribution in [-0.2, 0) is 28.8 Å². The molecule has 0 aromatic carbocycles. The quantitative estimate of drug-likeness (QED) is 0.167. The first kappa shape index (κ1) is 40.3. The van der Waals surface area contributed by atoms with Gasteiger partial charge < -0.3 is 26.2 Å². The van der Waals surface area contributed by atoms with E-state index in [0.717, 1.165) is 19.3 Å². The first-order valence-electron chi connectivity index (χ1n) is 18.7. The number of likely N-dealkylation sites (tertiary alicyclic amines) is 2. The molecule has 2 saturated heterocycles. The number of piperidine rings is 2. The Morgan fingerprint density at radius 2 is 1.45 bits per heavy atom. The Kier molecular flexibility index (Phi) is 11.4. The minimum Gasteiger partial charge on any atom is -0.347 e. The average Bonchev–Trinajstić information content (AvgIpc) is 3.84. The van der Waals surface area contributed by atoms with Gasteiger partial charge in [-0.25, -0.2) is 4.79 Å². The Morgan fingerprint density at radius 3 is 1.96 bits per heavy atom. The monoisotopic (exact) mass is 714 g/mol. The van der Waals surface area contributed by atoms with E-state index in [1.807, 2.05) is 62.3 Å². The molecule has 0 spiro atoms. The van der Waals surface area contributed by atoms with Gasteiger partial charge in [0, 0.05) is 32.0 Å². The predicted octanol–water partition coefficient (Wildman–Crippen LogP) is 3.30. The molecule has 4 N–H and O–H groups in total. The number of amides is 7. The van der Waals surface area contributed by atoms with Crippen LogP contribution in [0, 0.1) is 33.5 Å². The molecule has 2 aliphatic heterocycles. The lowest BCUT2D eigenvalue weighted by molar-refractivity contribution is -0.153. The molecule has 0 aromatic heterocycles. The summed E-state index contributed by atoms with van der Waals surface area (Å²) in [7, 11) is 0. The van der Waals surface area contributed by atoms with Gasteiger partial charge >= 0.3 is 6.03 Å². The van der Waals surface area contributed by atoms with Crippen LogP contribution >= 0.6 is 0 Å². The highest BCUT2D eigenvalue weighted by Crippen LogP contribution is 2.65. The maximum Gasteiger partial charge on any atom is 0.315 e. The second-order valence-electron chi connectivity index (χ2n) is 19.0. The molecule has 4 aliphatic rings. The molecule has 7 amide bonds. The molecule has 13 nitrogen and oxygen atoms in total. The van der Waals surface area contributed by atoms with Gasteiger partial charge in [0.25, 0.3) is 5.91 Å². The van der Waals surface area contributed by atoms with Crippen LogP contribution in [0.3, 0.4) is 0 Å². The van der Waals surface area contributed by atoms with Gasteiger partial charge in [0.2, 0.25) is 29.4 Å². The topological polar surface area (TPSA) is 174 Å². The molecule has 2 saturated carbocycles. The summed E-state index contributed by atoms with van der Waals surface area (Å²) in [6, 6.07) is -4.16. The largest absolute Gasteiger partial charge is 0.347 e. The average molecular weight is 715 g/mol. The molecule has 2 aliphatic carbocycles. The van der Waals surface area contributed by atoms with Gasteiger partial charge in [0.1, 0.15) is 12.1 Å². The number of urea groups is 1. The van der Waals surface area contributed by atoms with E-state index in [-0.39, 0.29) is 54.5 Å². The van der Waals surface area contributed by atoms with Crippen LogP contribution in [0.1, 0.15) is 121 Å². The van der Waals surface area contributed by atoms with Crippen LogP contribution in [0.4, 0.5) is 4.79 Å². The number of nitrogens with zero attached hydrogens (tertiary/aromatic N) is 2. The van der Waals surface area contributed by atoms with Crippen LogP contribution < -0.4 is 21.3 Å². The Balaban J connectivity index is 1.51. The standard InChI is InChI=1S/C38H62N6O7/c1-12-13-14-23(29(47)32(49)39-21-15-16-21)40-31(48)28-27-22(38(27,10)11)19-44(28)33(50)30(36(5,6)7)42-34(51)41-24(35(2,3)4)20-43-25(45)17-37(8,9)18-26(43)46/h21-24,27-28,30H,12-20H2,1-11H3,(H,39,49)(H,40,48)(H2,41,42,51)/t22-,23?,24-,27-,28-,30+/m0/s1. The van der Waals surface area contributed by atoms with Gasteiger partial charge in [0.15, 0.2) is 0 Å². The van der Waals surface area contributed by atoms with Crippen LogP contribution in [0.15, 0.2) is 0 Å². The van der Waals surface area contributed by atoms with Crippen LogP contribution in [0.5, 0.6) is 0 Å². The third-order valence-electron chi connectivity index (χ3n) is 11.3. The number of carbonyl (C=O) groups excluding carboxylic acids is 7. The maximum absolute atomic E-state index is 14.5. The second kappa shape index (κ2) is 14.5. The van der Waals surface area contributed by atoms with E-state index in [9.17, 15) is 33.6 Å². The van der Waals surface area contributed by atoms with Gasteiger partial charge in [-0.05, 0) is 52.8 Å². The molecular formula is C38H62N6O7. The number of rotatable bonds is 13. The van der Waals surface area contributed by atoms with Crippen molar-refractivity contribution >= 4 is 41.4 Å². The number of carbonyl (C=O) groups is 7. The molecule has 13 heteroatoms. The van der Waals surface area contributed by atoms with Crippen molar-refractivity contribution in [2.24, 2.45) is 33.5 Å². The molecule has 0 radical (unpaired) electrons. The van der Waals surface area contributed by atoms with Crippen molar-refractivity contribution in [2.45, 2.75) is 151 Å². The number of ketones is 1. The molecule has 2 heterocycles. The van der Waals surface area contributed by atoms with Gasteiger partial charge in [-0.3, -0.25) is 33.7 Å². The summed E-state index contributed by atoms with van der Waals surface area (Å²) < 4.78 is 0. The van der Waals surface area contributed by atoms with E-state index in [1.165, 1.54) is 9.80 Å². The lowest BCUT2D eigenvalue weighted by Crippen LogP contribution is -2.63. The third kappa shape index (κ3) is 9.30. The highest BCUT2D eigenvalue weighted by Gasteiger charge is 2.70. The molecule has 0 bridgehead atoms. The van der Waals surface area contributed by atoms with Crippen molar-refractivity contribution in [3.8, 4) is 0 Å². The molecule has 1 unspecified atom stereocenters. The number of hydrogen-bond donors (Lipinski definition) is 4. The van der Waals surface area contributed by atoms with Crippen molar-refractivity contribution in [1.82, 2.24) is 31.1 Å². The summed E-state index contributed by atoms with van der Waals surface area (Å²) in [5.41, 5.74) is -1.94. The highest BCUT2D eigenvalue weighted by molar-refractivity contribution is 6.38. The zero-order valence-electron chi connectivity index (χ0n) is 32.7. The van der Waals surface area contributed by atoms with Gasteiger partial charge in [-0.1, -0.05) is 89.0 Å². The normalized spacial score (nSPS) is 25.7. The zero-order chi connectivity index (χ0) is 38.4. The van der Waals surface area contributed by atoms with E-state index < -0.39 is 69.9 Å². The summed E-state index contributed by atoms with van der Waals surface area (Å²) in [6.07, 6.45) is 3.84. The lowest BCUT2D eigenvalue weighted by Gasteiger charge is -2.40. The molecule has 0 aromatic rings. The number of hydrogen-bond acceptors (Lipinski definition) is 7. The Hall–Kier alpha value is -3.51.